The molecule has 0 saturated carbocycles. The summed E-state index contributed by atoms with van der Waals surface area (Å²) in [6, 6.07) is 8.28. The average molecular weight is 244 g/mol. The van der Waals surface area contributed by atoms with Crippen molar-refractivity contribution in [1.29, 1.82) is 0 Å². The van der Waals surface area contributed by atoms with E-state index in [2.05, 4.69) is 18.2 Å². The smallest absolute Gasteiger partial charge is 0.123 e. The van der Waals surface area contributed by atoms with E-state index in [1.165, 1.54) is 17.6 Å². The van der Waals surface area contributed by atoms with Crippen molar-refractivity contribution in [3.05, 3.63) is 41.5 Å². The molecule has 0 saturated heterocycles. The SMILES string of the molecule is OC1C=C(CC2Cc3ccccc3O2)CCCC1. The standard InChI is InChI=1S/C16H20O2/c17-14-7-3-1-5-12(9-14)10-15-11-13-6-2-4-8-16(13)18-15/h2,4,6,8-9,14-15,17H,1,3,5,7,10-11H2. The molecule has 0 radical (unpaired) electrons. The zero-order chi connectivity index (χ0) is 12.4. The van der Waals surface area contributed by atoms with Gasteiger partial charge in [0.05, 0.1) is 6.10 Å². The van der Waals surface area contributed by atoms with Gasteiger partial charge in [-0.2, -0.15) is 0 Å². The molecular formula is C16H20O2. The van der Waals surface area contributed by atoms with E-state index >= 15 is 0 Å². The predicted octanol–water partition coefficient (Wildman–Crippen LogP) is 3.24. The molecule has 1 aliphatic carbocycles. The molecule has 1 N–H and O–H groups in total. The quantitative estimate of drug-likeness (QED) is 0.809. The maximum atomic E-state index is 9.79. The van der Waals surface area contributed by atoms with Crippen molar-refractivity contribution >= 4 is 0 Å². The summed E-state index contributed by atoms with van der Waals surface area (Å²) in [6.45, 7) is 0. The molecule has 0 amide bonds. The van der Waals surface area contributed by atoms with E-state index in [-0.39, 0.29) is 12.2 Å². The minimum atomic E-state index is -0.244. The Labute approximate surface area is 108 Å². The molecule has 18 heavy (non-hydrogen) atoms. The molecule has 2 nitrogen and oxygen atoms in total. The van der Waals surface area contributed by atoms with Gasteiger partial charge in [-0.25, -0.2) is 0 Å². The van der Waals surface area contributed by atoms with Crippen molar-refractivity contribution in [2.45, 2.75) is 50.7 Å². The second-order valence-electron chi connectivity index (χ2n) is 5.39. The van der Waals surface area contributed by atoms with Crippen LogP contribution in [0.25, 0.3) is 0 Å². The molecule has 2 unspecified atom stereocenters. The molecule has 0 aromatic heterocycles. The molecule has 2 aliphatic rings. The lowest BCUT2D eigenvalue weighted by Gasteiger charge is -2.13. The number of benzene rings is 1. The molecule has 1 aliphatic heterocycles. The van der Waals surface area contributed by atoms with Gasteiger partial charge in [-0.3, -0.25) is 0 Å². The van der Waals surface area contributed by atoms with Crippen LogP contribution < -0.4 is 4.74 Å². The number of hydrogen-bond donors (Lipinski definition) is 1. The molecule has 3 rings (SSSR count). The highest BCUT2D eigenvalue weighted by molar-refractivity contribution is 5.37. The number of rotatable bonds is 2. The Hall–Kier alpha value is -1.28. The van der Waals surface area contributed by atoms with E-state index in [0.29, 0.717) is 0 Å². The highest BCUT2D eigenvalue weighted by atomic mass is 16.5. The van der Waals surface area contributed by atoms with Crippen molar-refractivity contribution in [3.63, 3.8) is 0 Å². The van der Waals surface area contributed by atoms with E-state index < -0.39 is 0 Å². The second-order valence-corrected chi connectivity index (χ2v) is 5.39. The van der Waals surface area contributed by atoms with Gasteiger partial charge >= 0.3 is 0 Å². The van der Waals surface area contributed by atoms with Gasteiger partial charge in [-0.15, -0.1) is 0 Å². The lowest BCUT2D eigenvalue weighted by molar-refractivity contribution is 0.209. The van der Waals surface area contributed by atoms with E-state index in [4.69, 9.17) is 4.74 Å². The van der Waals surface area contributed by atoms with Crippen LogP contribution in [0, 0.1) is 0 Å². The van der Waals surface area contributed by atoms with Gasteiger partial charge in [0, 0.05) is 12.8 Å². The average Bonchev–Trinajstić information content (AvgIpc) is 2.65. The number of hydrogen-bond acceptors (Lipinski definition) is 2. The van der Waals surface area contributed by atoms with Crippen LogP contribution in [0.4, 0.5) is 0 Å². The zero-order valence-electron chi connectivity index (χ0n) is 10.6. The van der Waals surface area contributed by atoms with Crippen LogP contribution in [-0.4, -0.2) is 17.3 Å². The van der Waals surface area contributed by atoms with Crippen LogP contribution in [0.1, 0.15) is 37.7 Å². The molecular weight excluding hydrogens is 224 g/mol. The normalized spacial score (nSPS) is 27.1. The summed E-state index contributed by atoms with van der Waals surface area (Å²) in [5.41, 5.74) is 2.69. The Balaban J connectivity index is 1.65. The van der Waals surface area contributed by atoms with Crippen molar-refractivity contribution in [3.8, 4) is 5.75 Å². The maximum Gasteiger partial charge on any atom is 0.123 e. The summed E-state index contributed by atoms with van der Waals surface area (Å²) in [6.07, 6.45) is 8.40. The summed E-state index contributed by atoms with van der Waals surface area (Å²) < 4.78 is 5.96. The Kier molecular flexibility index (Phi) is 3.37. The Morgan fingerprint density at radius 3 is 3.00 bits per heavy atom. The molecule has 1 aromatic carbocycles. The zero-order valence-corrected chi connectivity index (χ0v) is 10.6. The molecule has 0 spiro atoms. The molecule has 96 valence electrons. The van der Waals surface area contributed by atoms with Crippen LogP contribution >= 0.6 is 0 Å². The Morgan fingerprint density at radius 1 is 1.22 bits per heavy atom. The van der Waals surface area contributed by atoms with Crippen LogP contribution in [0.5, 0.6) is 5.75 Å². The first-order valence-corrected chi connectivity index (χ1v) is 6.93. The Bertz CT molecular complexity index is 425. The summed E-state index contributed by atoms with van der Waals surface area (Å²) >= 11 is 0. The molecule has 2 heteroatoms. The first kappa shape index (κ1) is 11.8. The fourth-order valence-corrected chi connectivity index (χ4v) is 2.97. The van der Waals surface area contributed by atoms with Gasteiger partial charge < -0.3 is 9.84 Å². The van der Waals surface area contributed by atoms with Crippen LogP contribution in [0.15, 0.2) is 35.9 Å². The minimum absolute atomic E-state index is 0.244. The minimum Gasteiger partial charge on any atom is -0.489 e. The van der Waals surface area contributed by atoms with Crippen molar-refractivity contribution in [2.24, 2.45) is 0 Å². The molecule has 2 atom stereocenters. The molecule has 1 heterocycles. The Morgan fingerprint density at radius 2 is 2.11 bits per heavy atom. The molecule has 1 aromatic rings. The monoisotopic (exact) mass is 244 g/mol. The number of para-hydroxylation sites is 1. The van der Waals surface area contributed by atoms with Crippen molar-refractivity contribution in [2.75, 3.05) is 0 Å². The number of fused-ring (bicyclic) bond motifs is 1. The van der Waals surface area contributed by atoms with Crippen LogP contribution in [-0.2, 0) is 6.42 Å². The summed E-state index contributed by atoms with van der Waals surface area (Å²) in [5.74, 6) is 1.04. The molecule has 0 bridgehead atoms. The van der Waals surface area contributed by atoms with Gasteiger partial charge in [0.15, 0.2) is 0 Å². The number of aliphatic hydroxyl groups excluding tert-OH is 1. The van der Waals surface area contributed by atoms with Gasteiger partial charge in [0.2, 0.25) is 0 Å². The summed E-state index contributed by atoms with van der Waals surface area (Å²) in [5, 5.41) is 9.79. The largest absolute Gasteiger partial charge is 0.489 e. The number of ether oxygens (including phenoxy) is 1. The van der Waals surface area contributed by atoms with Crippen LogP contribution in [0.2, 0.25) is 0 Å². The third-order valence-electron chi connectivity index (χ3n) is 3.88. The molecule has 0 fully saturated rings. The third kappa shape index (κ3) is 2.59. The van der Waals surface area contributed by atoms with E-state index in [1.54, 1.807) is 0 Å². The van der Waals surface area contributed by atoms with Gasteiger partial charge in [0.1, 0.15) is 11.9 Å². The lowest BCUT2D eigenvalue weighted by atomic mass is 10.00. The van der Waals surface area contributed by atoms with E-state index in [1.807, 2.05) is 12.1 Å². The fraction of sp³-hybridized carbons (Fsp3) is 0.500. The first-order chi connectivity index (χ1) is 8.81. The maximum absolute atomic E-state index is 9.79. The van der Waals surface area contributed by atoms with Gasteiger partial charge in [-0.1, -0.05) is 36.3 Å². The van der Waals surface area contributed by atoms with E-state index in [9.17, 15) is 5.11 Å². The highest BCUT2D eigenvalue weighted by Crippen LogP contribution is 2.32. The highest BCUT2D eigenvalue weighted by Gasteiger charge is 2.23. The number of aliphatic hydroxyl groups is 1. The van der Waals surface area contributed by atoms with E-state index in [0.717, 1.165) is 37.9 Å². The predicted molar refractivity (Wildman–Crippen MR) is 71.7 cm³/mol. The summed E-state index contributed by atoms with van der Waals surface area (Å²) in [4.78, 5) is 0. The van der Waals surface area contributed by atoms with Gasteiger partial charge in [-0.05, 0) is 30.9 Å². The van der Waals surface area contributed by atoms with Crippen LogP contribution in [0.3, 0.4) is 0 Å². The first-order valence-electron chi connectivity index (χ1n) is 6.93. The topological polar surface area (TPSA) is 29.5 Å². The second kappa shape index (κ2) is 5.15. The third-order valence-corrected chi connectivity index (χ3v) is 3.88. The lowest BCUT2D eigenvalue weighted by Crippen LogP contribution is -2.14. The van der Waals surface area contributed by atoms with Crippen molar-refractivity contribution in [1.82, 2.24) is 0 Å². The van der Waals surface area contributed by atoms with Crippen molar-refractivity contribution < 1.29 is 9.84 Å². The van der Waals surface area contributed by atoms with Gasteiger partial charge in [0.25, 0.3) is 0 Å². The fourth-order valence-electron chi connectivity index (χ4n) is 2.97. The summed E-state index contributed by atoms with van der Waals surface area (Å²) in [7, 11) is 0.